The molecule has 0 spiro atoms. The van der Waals surface area contributed by atoms with Crippen molar-refractivity contribution in [2.75, 3.05) is 18.6 Å². The first-order valence-corrected chi connectivity index (χ1v) is 6.61. The average Bonchev–Trinajstić information content (AvgIpc) is 2.34. The first kappa shape index (κ1) is 11.2. The molecular formula is C12H14N2OS. The zero-order chi connectivity index (χ0) is 11.2. The second-order valence-corrected chi connectivity index (χ2v) is 4.42. The molecule has 0 aliphatic rings. The van der Waals surface area contributed by atoms with Crippen LogP contribution in [0.25, 0.3) is 10.9 Å². The lowest BCUT2D eigenvalue weighted by molar-refractivity contribution is 0.319. The van der Waals surface area contributed by atoms with Crippen LogP contribution >= 0.6 is 11.8 Å². The normalized spacial score (nSPS) is 10.6. The van der Waals surface area contributed by atoms with Crippen molar-refractivity contribution >= 4 is 22.7 Å². The van der Waals surface area contributed by atoms with Gasteiger partial charge in [-0.05, 0) is 30.6 Å². The number of nitrogens with zero attached hydrogens (tertiary/aromatic N) is 2. The zero-order valence-electron chi connectivity index (χ0n) is 9.22. The second-order valence-electron chi connectivity index (χ2n) is 3.44. The van der Waals surface area contributed by atoms with Crippen LogP contribution in [0.15, 0.2) is 30.7 Å². The fourth-order valence-corrected chi connectivity index (χ4v) is 1.84. The summed E-state index contributed by atoms with van der Waals surface area (Å²) >= 11 is 1.84. The van der Waals surface area contributed by atoms with Gasteiger partial charge in [-0.2, -0.15) is 11.8 Å². The lowest BCUT2D eigenvalue weighted by atomic mass is 10.2. The van der Waals surface area contributed by atoms with Crippen LogP contribution in [-0.4, -0.2) is 28.6 Å². The summed E-state index contributed by atoms with van der Waals surface area (Å²) < 4.78 is 5.64. The van der Waals surface area contributed by atoms with E-state index in [1.807, 2.05) is 30.0 Å². The highest BCUT2D eigenvalue weighted by molar-refractivity contribution is 7.98. The molecule has 16 heavy (non-hydrogen) atoms. The number of fused-ring (bicyclic) bond motifs is 1. The Kier molecular flexibility index (Phi) is 3.99. The van der Waals surface area contributed by atoms with Gasteiger partial charge >= 0.3 is 0 Å². The van der Waals surface area contributed by atoms with E-state index in [1.165, 1.54) is 0 Å². The van der Waals surface area contributed by atoms with Gasteiger partial charge in [0.1, 0.15) is 12.1 Å². The third-order valence-corrected chi connectivity index (χ3v) is 2.94. The molecule has 1 heterocycles. The van der Waals surface area contributed by atoms with E-state index in [-0.39, 0.29) is 0 Å². The van der Waals surface area contributed by atoms with Crippen LogP contribution in [-0.2, 0) is 0 Å². The van der Waals surface area contributed by atoms with E-state index in [1.54, 1.807) is 12.5 Å². The van der Waals surface area contributed by atoms with Crippen molar-refractivity contribution in [1.29, 1.82) is 0 Å². The van der Waals surface area contributed by atoms with Gasteiger partial charge in [-0.3, -0.25) is 0 Å². The third kappa shape index (κ3) is 2.85. The molecule has 84 valence electrons. The molecule has 0 amide bonds. The maximum atomic E-state index is 5.64. The number of hydrogen-bond acceptors (Lipinski definition) is 4. The topological polar surface area (TPSA) is 35.0 Å². The Morgan fingerprint density at radius 1 is 1.38 bits per heavy atom. The highest BCUT2D eigenvalue weighted by atomic mass is 32.2. The van der Waals surface area contributed by atoms with E-state index in [2.05, 4.69) is 16.2 Å². The number of ether oxygens (including phenoxy) is 1. The lowest BCUT2D eigenvalue weighted by Gasteiger charge is -2.05. The highest BCUT2D eigenvalue weighted by Gasteiger charge is 1.98. The minimum atomic E-state index is 0.761. The second kappa shape index (κ2) is 5.70. The molecule has 0 atom stereocenters. The van der Waals surface area contributed by atoms with Crippen molar-refractivity contribution in [3.63, 3.8) is 0 Å². The van der Waals surface area contributed by atoms with Gasteiger partial charge in [0, 0.05) is 17.6 Å². The summed E-state index contributed by atoms with van der Waals surface area (Å²) in [6.07, 6.45) is 6.54. The SMILES string of the molecule is CSCCCOc1ccc2cncnc2c1. The molecule has 0 saturated carbocycles. The highest BCUT2D eigenvalue weighted by Crippen LogP contribution is 2.18. The summed E-state index contributed by atoms with van der Waals surface area (Å²) in [7, 11) is 0. The predicted octanol–water partition coefficient (Wildman–Crippen LogP) is 2.76. The van der Waals surface area contributed by atoms with Crippen LogP contribution in [0.5, 0.6) is 5.75 Å². The minimum absolute atomic E-state index is 0.761. The molecule has 1 aromatic carbocycles. The number of thioether (sulfide) groups is 1. The molecule has 3 nitrogen and oxygen atoms in total. The monoisotopic (exact) mass is 234 g/mol. The Morgan fingerprint density at radius 3 is 3.19 bits per heavy atom. The fourth-order valence-electron chi connectivity index (χ4n) is 1.44. The summed E-state index contributed by atoms with van der Waals surface area (Å²) in [6, 6.07) is 5.90. The lowest BCUT2D eigenvalue weighted by Crippen LogP contribution is -1.98. The molecule has 2 aromatic rings. The Bertz CT molecular complexity index is 461. The predicted molar refractivity (Wildman–Crippen MR) is 68.0 cm³/mol. The Balaban J connectivity index is 2.02. The molecule has 0 saturated heterocycles. The molecule has 0 unspecified atom stereocenters. The van der Waals surface area contributed by atoms with E-state index < -0.39 is 0 Å². The molecule has 2 rings (SSSR count). The van der Waals surface area contributed by atoms with Crippen LogP contribution in [0, 0.1) is 0 Å². The molecule has 0 aliphatic carbocycles. The Morgan fingerprint density at radius 2 is 2.31 bits per heavy atom. The quantitative estimate of drug-likeness (QED) is 0.745. The van der Waals surface area contributed by atoms with Crippen LogP contribution < -0.4 is 4.74 Å². The number of rotatable bonds is 5. The first-order chi connectivity index (χ1) is 7.90. The Hall–Kier alpha value is -1.29. The molecule has 4 heteroatoms. The van der Waals surface area contributed by atoms with Gasteiger partial charge in [0.15, 0.2) is 0 Å². The maximum Gasteiger partial charge on any atom is 0.121 e. The largest absolute Gasteiger partial charge is 0.493 e. The molecule has 0 bridgehead atoms. The molecule has 0 N–H and O–H groups in total. The van der Waals surface area contributed by atoms with Gasteiger partial charge in [-0.1, -0.05) is 0 Å². The standard InChI is InChI=1S/C12H14N2OS/c1-16-6-2-5-15-11-4-3-10-8-13-9-14-12(10)7-11/h3-4,7-9H,2,5-6H2,1H3. The average molecular weight is 234 g/mol. The molecule has 0 radical (unpaired) electrons. The van der Waals surface area contributed by atoms with Crippen molar-refractivity contribution in [2.24, 2.45) is 0 Å². The van der Waals surface area contributed by atoms with Gasteiger partial charge in [0.25, 0.3) is 0 Å². The van der Waals surface area contributed by atoms with E-state index in [9.17, 15) is 0 Å². The zero-order valence-corrected chi connectivity index (χ0v) is 10.0. The van der Waals surface area contributed by atoms with E-state index >= 15 is 0 Å². The molecule has 1 aromatic heterocycles. The van der Waals surface area contributed by atoms with Gasteiger partial charge in [-0.15, -0.1) is 0 Å². The third-order valence-electron chi connectivity index (χ3n) is 2.24. The van der Waals surface area contributed by atoms with Gasteiger partial charge < -0.3 is 4.74 Å². The smallest absolute Gasteiger partial charge is 0.121 e. The summed E-state index contributed by atoms with van der Waals surface area (Å²) in [6.45, 7) is 0.761. The summed E-state index contributed by atoms with van der Waals surface area (Å²) in [5, 5.41) is 1.04. The maximum absolute atomic E-state index is 5.64. The van der Waals surface area contributed by atoms with Gasteiger partial charge in [0.05, 0.1) is 12.1 Å². The van der Waals surface area contributed by atoms with Crippen LogP contribution in [0.1, 0.15) is 6.42 Å². The summed E-state index contributed by atoms with van der Waals surface area (Å²) in [5.74, 6) is 2.02. The summed E-state index contributed by atoms with van der Waals surface area (Å²) in [4.78, 5) is 8.17. The molecule has 0 aliphatic heterocycles. The number of benzene rings is 1. The number of hydrogen-bond donors (Lipinski definition) is 0. The summed E-state index contributed by atoms with van der Waals surface area (Å²) in [5.41, 5.74) is 0.928. The van der Waals surface area contributed by atoms with Crippen LogP contribution in [0.3, 0.4) is 0 Å². The van der Waals surface area contributed by atoms with Crippen molar-refractivity contribution in [3.8, 4) is 5.75 Å². The minimum Gasteiger partial charge on any atom is -0.493 e. The van der Waals surface area contributed by atoms with Gasteiger partial charge in [-0.25, -0.2) is 9.97 Å². The number of aromatic nitrogens is 2. The molecular weight excluding hydrogens is 220 g/mol. The van der Waals surface area contributed by atoms with Crippen molar-refractivity contribution in [1.82, 2.24) is 9.97 Å². The van der Waals surface area contributed by atoms with E-state index in [4.69, 9.17) is 4.74 Å². The van der Waals surface area contributed by atoms with Crippen LogP contribution in [0.4, 0.5) is 0 Å². The Labute approximate surface area is 99.2 Å². The van der Waals surface area contributed by atoms with Crippen molar-refractivity contribution in [2.45, 2.75) is 6.42 Å². The van der Waals surface area contributed by atoms with Crippen LogP contribution in [0.2, 0.25) is 0 Å². The van der Waals surface area contributed by atoms with E-state index in [0.717, 1.165) is 35.4 Å². The van der Waals surface area contributed by atoms with Gasteiger partial charge in [0.2, 0.25) is 0 Å². The van der Waals surface area contributed by atoms with Crippen molar-refractivity contribution in [3.05, 3.63) is 30.7 Å². The van der Waals surface area contributed by atoms with Crippen molar-refractivity contribution < 1.29 is 4.74 Å². The first-order valence-electron chi connectivity index (χ1n) is 5.21. The fraction of sp³-hybridized carbons (Fsp3) is 0.333. The molecule has 0 fully saturated rings. The van der Waals surface area contributed by atoms with E-state index in [0.29, 0.717) is 0 Å².